The van der Waals surface area contributed by atoms with Gasteiger partial charge in [0.1, 0.15) is 0 Å². The van der Waals surface area contributed by atoms with Crippen LogP contribution in [0.25, 0.3) is 0 Å². The maximum absolute atomic E-state index is 5.55. The fourth-order valence-electron chi connectivity index (χ4n) is 2.18. The van der Waals surface area contributed by atoms with E-state index in [0.29, 0.717) is 5.41 Å². The molecule has 52 valence electrons. The van der Waals surface area contributed by atoms with Crippen molar-refractivity contribution in [3.63, 3.8) is 0 Å². The third-order valence-corrected chi connectivity index (χ3v) is 2.81. The molecule has 2 fully saturated rings. The maximum Gasteiger partial charge on any atom is 0.00507 e. The van der Waals surface area contributed by atoms with Gasteiger partial charge in [-0.1, -0.05) is 0 Å². The summed E-state index contributed by atoms with van der Waals surface area (Å²) in [5, 5.41) is 0. The van der Waals surface area contributed by atoms with Gasteiger partial charge in [0.15, 0.2) is 0 Å². The summed E-state index contributed by atoms with van der Waals surface area (Å²) in [5.41, 5.74) is 6.26. The minimum absolute atomic E-state index is 0.712. The maximum atomic E-state index is 5.55. The van der Waals surface area contributed by atoms with E-state index < -0.39 is 0 Å². The van der Waals surface area contributed by atoms with Gasteiger partial charge in [-0.3, -0.25) is 0 Å². The monoisotopic (exact) mass is 126 g/mol. The predicted octanol–water partition coefficient (Wildman–Crippen LogP) is -0.103. The molecule has 1 saturated carbocycles. The molecule has 1 aliphatic heterocycles. The molecule has 2 rings (SSSR count). The molecule has 2 aliphatic rings. The molecule has 9 heavy (non-hydrogen) atoms. The first kappa shape index (κ1) is 5.69. The highest BCUT2D eigenvalue weighted by atomic mass is 15.2. The van der Waals surface area contributed by atoms with E-state index >= 15 is 0 Å². The molecule has 2 N–H and O–H groups in total. The van der Waals surface area contributed by atoms with Gasteiger partial charge in [0, 0.05) is 18.5 Å². The zero-order chi connectivity index (χ0) is 6.48. The van der Waals surface area contributed by atoms with Crippen molar-refractivity contribution in [2.75, 3.05) is 26.7 Å². The quantitative estimate of drug-likeness (QED) is 0.531. The second kappa shape index (κ2) is 1.50. The Morgan fingerprint density at radius 1 is 1.67 bits per heavy atom. The van der Waals surface area contributed by atoms with Crippen molar-refractivity contribution in [1.29, 1.82) is 0 Å². The van der Waals surface area contributed by atoms with E-state index in [1.54, 1.807) is 0 Å². The molecule has 0 aromatic rings. The van der Waals surface area contributed by atoms with E-state index in [1.807, 2.05) is 0 Å². The molecule has 1 spiro atoms. The molecule has 0 bridgehead atoms. The molecular formula is C7H14N2. The first-order valence-corrected chi connectivity index (χ1v) is 3.65. The lowest BCUT2D eigenvalue weighted by molar-refractivity contribution is 0.100. The normalized spacial score (nSPS) is 38.7. The van der Waals surface area contributed by atoms with Crippen molar-refractivity contribution in [1.82, 2.24) is 4.90 Å². The van der Waals surface area contributed by atoms with Crippen molar-refractivity contribution in [3.05, 3.63) is 0 Å². The molecule has 1 aliphatic carbocycles. The Kier molecular flexibility index (Phi) is 0.945. The number of nitrogens with two attached hydrogens (primary N) is 1. The van der Waals surface area contributed by atoms with E-state index in [1.165, 1.54) is 19.5 Å². The van der Waals surface area contributed by atoms with Gasteiger partial charge >= 0.3 is 0 Å². The fourth-order valence-corrected chi connectivity index (χ4v) is 2.18. The van der Waals surface area contributed by atoms with Crippen LogP contribution in [0, 0.1) is 11.3 Å². The van der Waals surface area contributed by atoms with Gasteiger partial charge < -0.3 is 10.6 Å². The van der Waals surface area contributed by atoms with Crippen molar-refractivity contribution in [3.8, 4) is 0 Å². The molecule has 0 aromatic carbocycles. The number of hydrogen-bond acceptors (Lipinski definition) is 2. The largest absolute Gasteiger partial charge is 0.330 e. The van der Waals surface area contributed by atoms with E-state index in [-0.39, 0.29) is 0 Å². The smallest absolute Gasteiger partial charge is 0.00507 e. The first-order chi connectivity index (χ1) is 4.27. The highest BCUT2D eigenvalue weighted by Crippen LogP contribution is 2.57. The third-order valence-electron chi connectivity index (χ3n) is 2.81. The van der Waals surface area contributed by atoms with Crippen molar-refractivity contribution >= 4 is 0 Å². The lowest BCUT2D eigenvalue weighted by Gasteiger charge is -2.37. The molecule has 2 nitrogen and oxygen atoms in total. The predicted molar refractivity (Wildman–Crippen MR) is 37.1 cm³/mol. The van der Waals surface area contributed by atoms with Crippen LogP contribution in [0.15, 0.2) is 0 Å². The molecule has 1 atom stereocenters. The second-order valence-electron chi connectivity index (χ2n) is 3.67. The van der Waals surface area contributed by atoms with Gasteiger partial charge in [0.05, 0.1) is 0 Å². The van der Waals surface area contributed by atoms with Gasteiger partial charge in [0.2, 0.25) is 0 Å². The zero-order valence-corrected chi connectivity index (χ0v) is 5.93. The topological polar surface area (TPSA) is 29.3 Å². The van der Waals surface area contributed by atoms with Crippen LogP contribution < -0.4 is 5.73 Å². The Labute approximate surface area is 56.0 Å². The summed E-state index contributed by atoms with van der Waals surface area (Å²) in [6, 6.07) is 0. The van der Waals surface area contributed by atoms with E-state index in [2.05, 4.69) is 11.9 Å². The molecule has 0 amide bonds. The minimum atomic E-state index is 0.712. The fraction of sp³-hybridized carbons (Fsp3) is 1.00. The van der Waals surface area contributed by atoms with Crippen molar-refractivity contribution in [2.45, 2.75) is 6.42 Å². The molecule has 0 radical (unpaired) electrons. The van der Waals surface area contributed by atoms with Gasteiger partial charge in [0.25, 0.3) is 0 Å². The Hall–Kier alpha value is -0.0800. The minimum Gasteiger partial charge on any atom is -0.330 e. The summed E-state index contributed by atoms with van der Waals surface area (Å²) in [4.78, 5) is 2.37. The summed E-state index contributed by atoms with van der Waals surface area (Å²) in [6.07, 6.45) is 1.40. The van der Waals surface area contributed by atoms with Crippen molar-refractivity contribution in [2.24, 2.45) is 17.1 Å². The standard InChI is InChI=1S/C7H14N2/c1-9-4-7(5-9)2-6(7)3-8/h6H,2-5,8H2,1H3. The summed E-state index contributed by atoms with van der Waals surface area (Å²) in [7, 11) is 2.18. The lowest BCUT2D eigenvalue weighted by Crippen LogP contribution is -2.47. The second-order valence-corrected chi connectivity index (χ2v) is 3.67. The summed E-state index contributed by atoms with van der Waals surface area (Å²) in [5.74, 6) is 0.869. The number of hydrogen-bond donors (Lipinski definition) is 1. The van der Waals surface area contributed by atoms with Gasteiger partial charge in [-0.15, -0.1) is 0 Å². The number of likely N-dealkylation sites (tertiary alicyclic amines) is 1. The Morgan fingerprint density at radius 2 is 2.33 bits per heavy atom. The van der Waals surface area contributed by atoms with Gasteiger partial charge in [-0.25, -0.2) is 0 Å². The van der Waals surface area contributed by atoms with Crippen LogP contribution in [0.3, 0.4) is 0 Å². The number of nitrogens with zero attached hydrogens (tertiary/aromatic N) is 1. The van der Waals surface area contributed by atoms with Crippen LogP contribution in [-0.4, -0.2) is 31.6 Å². The average Bonchev–Trinajstić information content (AvgIpc) is 2.41. The van der Waals surface area contributed by atoms with Crippen LogP contribution in [0.1, 0.15) is 6.42 Å². The number of rotatable bonds is 1. The highest BCUT2D eigenvalue weighted by molar-refractivity contribution is 5.11. The zero-order valence-electron chi connectivity index (χ0n) is 5.93. The van der Waals surface area contributed by atoms with Gasteiger partial charge in [-0.05, 0) is 25.9 Å². The van der Waals surface area contributed by atoms with Crippen LogP contribution in [-0.2, 0) is 0 Å². The van der Waals surface area contributed by atoms with E-state index in [4.69, 9.17) is 5.73 Å². The van der Waals surface area contributed by atoms with Crippen molar-refractivity contribution < 1.29 is 0 Å². The van der Waals surface area contributed by atoms with E-state index in [0.717, 1.165) is 12.5 Å². The Morgan fingerprint density at radius 3 is 2.67 bits per heavy atom. The summed E-state index contributed by atoms with van der Waals surface area (Å²) < 4.78 is 0. The molecule has 2 heteroatoms. The summed E-state index contributed by atoms with van der Waals surface area (Å²) >= 11 is 0. The van der Waals surface area contributed by atoms with Gasteiger partial charge in [-0.2, -0.15) is 0 Å². The molecule has 1 heterocycles. The molecule has 0 aromatic heterocycles. The third kappa shape index (κ3) is 0.634. The molecular weight excluding hydrogens is 112 g/mol. The van der Waals surface area contributed by atoms with Crippen LogP contribution >= 0.6 is 0 Å². The Balaban J connectivity index is 1.89. The SMILES string of the molecule is CN1CC2(CC2CN)C1. The lowest BCUT2D eigenvalue weighted by atomic mass is 9.95. The molecule has 1 saturated heterocycles. The summed E-state index contributed by atoms with van der Waals surface area (Å²) in [6.45, 7) is 3.51. The molecule has 1 unspecified atom stereocenters. The van der Waals surface area contributed by atoms with Crippen LogP contribution in [0.4, 0.5) is 0 Å². The average molecular weight is 126 g/mol. The van der Waals surface area contributed by atoms with Crippen LogP contribution in [0.5, 0.6) is 0 Å². The van der Waals surface area contributed by atoms with Crippen LogP contribution in [0.2, 0.25) is 0 Å². The Bertz CT molecular complexity index is 127. The first-order valence-electron chi connectivity index (χ1n) is 3.65. The highest BCUT2D eigenvalue weighted by Gasteiger charge is 2.59. The van der Waals surface area contributed by atoms with E-state index in [9.17, 15) is 0 Å².